The fraction of sp³-hybridized carbons (Fsp3) is 0.818. The molecule has 13 heavy (non-hydrogen) atoms. The average molecular weight is 182 g/mol. The van der Waals surface area contributed by atoms with Gasteiger partial charge in [0.2, 0.25) is 0 Å². The molecule has 0 amide bonds. The van der Waals surface area contributed by atoms with Gasteiger partial charge >= 0.3 is 0 Å². The third kappa shape index (κ3) is 1.42. The van der Waals surface area contributed by atoms with E-state index < -0.39 is 0 Å². The maximum Gasteiger partial charge on any atom is 0.174 e. The Bertz CT molecular complexity index is 210. The lowest BCUT2D eigenvalue weighted by molar-refractivity contribution is -0.179. The van der Waals surface area contributed by atoms with Gasteiger partial charge in [-0.2, -0.15) is 0 Å². The quantitative estimate of drug-likeness (QED) is 0.624. The molecule has 0 radical (unpaired) electrons. The molecule has 2 fully saturated rings. The van der Waals surface area contributed by atoms with Crippen LogP contribution in [0.1, 0.15) is 33.1 Å². The van der Waals surface area contributed by atoms with Gasteiger partial charge in [-0.25, -0.2) is 0 Å². The van der Waals surface area contributed by atoms with Gasteiger partial charge in [0.05, 0.1) is 13.2 Å². The van der Waals surface area contributed by atoms with Crippen LogP contribution in [0, 0.1) is 5.41 Å². The lowest BCUT2D eigenvalue weighted by Gasteiger charge is -2.30. The van der Waals surface area contributed by atoms with E-state index in [4.69, 9.17) is 9.47 Å². The minimum atomic E-state index is -0.335. The highest BCUT2D eigenvalue weighted by Gasteiger charge is 2.58. The molecule has 2 rings (SSSR count). The Hall–Kier alpha value is -0.340. The molecule has 2 heteroatoms. The molecule has 2 nitrogen and oxygen atoms in total. The third-order valence-corrected chi connectivity index (χ3v) is 3.20. The van der Waals surface area contributed by atoms with Crippen molar-refractivity contribution in [2.24, 2.45) is 5.41 Å². The predicted octanol–water partition coefficient (Wildman–Crippen LogP) is 2.50. The molecular weight excluding hydrogens is 164 g/mol. The van der Waals surface area contributed by atoms with Crippen LogP contribution in [0.2, 0.25) is 0 Å². The topological polar surface area (TPSA) is 18.5 Å². The summed E-state index contributed by atoms with van der Waals surface area (Å²) in [6, 6.07) is 0. The molecule has 0 spiro atoms. The van der Waals surface area contributed by atoms with E-state index >= 15 is 0 Å². The Kier molecular flexibility index (Phi) is 2.20. The molecule has 0 aromatic rings. The van der Waals surface area contributed by atoms with Crippen molar-refractivity contribution in [1.82, 2.24) is 0 Å². The molecule has 1 aliphatic carbocycles. The van der Waals surface area contributed by atoms with Crippen LogP contribution in [0.15, 0.2) is 12.2 Å². The second kappa shape index (κ2) is 3.10. The Morgan fingerprint density at radius 1 is 1.23 bits per heavy atom. The van der Waals surface area contributed by atoms with Gasteiger partial charge in [0.1, 0.15) is 0 Å². The van der Waals surface area contributed by atoms with E-state index in [9.17, 15) is 0 Å². The first-order valence-corrected chi connectivity index (χ1v) is 5.18. The molecule has 0 aromatic carbocycles. The van der Waals surface area contributed by atoms with E-state index in [1.807, 2.05) is 0 Å². The molecule has 0 unspecified atom stereocenters. The summed E-state index contributed by atoms with van der Waals surface area (Å²) in [5, 5.41) is 0. The molecule has 0 aromatic heterocycles. The van der Waals surface area contributed by atoms with E-state index in [-0.39, 0.29) is 11.2 Å². The number of hydrogen-bond donors (Lipinski definition) is 0. The smallest absolute Gasteiger partial charge is 0.174 e. The first-order valence-electron chi connectivity index (χ1n) is 5.18. The summed E-state index contributed by atoms with van der Waals surface area (Å²) in [5.74, 6) is -0.335. The molecule has 0 atom stereocenters. The van der Waals surface area contributed by atoms with Crippen molar-refractivity contribution in [3.8, 4) is 0 Å². The molecule has 1 heterocycles. The fourth-order valence-electron chi connectivity index (χ4n) is 2.05. The van der Waals surface area contributed by atoms with Crippen LogP contribution < -0.4 is 0 Å². The monoisotopic (exact) mass is 182 g/mol. The van der Waals surface area contributed by atoms with Crippen molar-refractivity contribution >= 4 is 0 Å². The zero-order valence-electron chi connectivity index (χ0n) is 8.51. The van der Waals surface area contributed by atoms with Gasteiger partial charge in [0.15, 0.2) is 5.79 Å². The van der Waals surface area contributed by atoms with Gasteiger partial charge in [-0.1, -0.05) is 19.1 Å². The van der Waals surface area contributed by atoms with E-state index in [2.05, 4.69) is 26.0 Å². The summed E-state index contributed by atoms with van der Waals surface area (Å²) in [7, 11) is 0. The summed E-state index contributed by atoms with van der Waals surface area (Å²) in [4.78, 5) is 0. The number of ether oxygens (including phenoxy) is 2. The van der Waals surface area contributed by atoms with Crippen molar-refractivity contribution in [1.29, 1.82) is 0 Å². The highest BCUT2D eigenvalue weighted by atomic mass is 16.7. The van der Waals surface area contributed by atoms with Crippen LogP contribution in [0.25, 0.3) is 0 Å². The molecular formula is C11H18O2. The van der Waals surface area contributed by atoms with Gasteiger partial charge < -0.3 is 9.47 Å². The van der Waals surface area contributed by atoms with E-state index in [0.717, 1.165) is 19.6 Å². The van der Waals surface area contributed by atoms with Gasteiger partial charge in [-0.05, 0) is 26.2 Å². The van der Waals surface area contributed by atoms with Crippen LogP contribution in [0.4, 0.5) is 0 Å². The molecule has 2 aliphatic rings. The van der Waals surface area contributed by atoms with E-state index in [1.165, 1.54) is 12.8 Å². The van der Waals surface area contributed by atoms with Crippen molar-refractivity contribution in [3.05, 3.63) is 12.2 Å². The normalized spacial score (nSPS) is 29.7. The molecule has 0 bridgehead atoms. The summed E-state index contributed by atoms with van der Waals surface area (Å²) in [6.45, 7) is 5.73. The molecule has 74 valence electrons. The average Bonchev–Trinajstić information content (AvgIpc) is 2.81. The minimum absolute atomic E-state index is 0.194. The largest absolute Gasteiger partial charge is 0.347 e. The number of allylic oxidation sites excluding steroid dienone is 1. The second-order valence-electron chi connectivity index (χ2n) is 4.11. The third-order valence-electron chi connectivity index (χ3n) is 3.20. The standard InChI is InChI=1S/C11H18O2/c1-3-4-5-11(6-7-11)10(2)12-8-9-13-10/h4-5H,3,6-9H2,1-2H3/b5-4+. The Balaban J connectivity index is 2.09. The summed E-state index contributed by atoms with van der Waals surface area (Å²) in [5.41, 5.74) is 0.194. The van der Waals surface area contributed by atoms with Gasteiger partial charge in [0, 0.05) is 5.41 Å². The Morgan fingerprint density at radius 2 is 1.85 bits per heavy atom. The highest BCUT2D eigenvalue weighted by Crippen LogP contribution is 2.58. The SMILES string of the molecule is CC/C=C/C1(C2(C)OCCO2)CC1. The molecule has 1 saturated carbocycles. The van der Waals surface area contributed by atoms with Crippen LogP contribution in [0.3, 0.4) is 0 Å². The van der Waals surface area contributed by atoms with Crippen LogP contribution in [-0.2, 0) is 9.47 Å². The van der Waals surface area contributed by atoms with Crippen LogP contribution >= 0.6 is 0 Å². The molecule has 0 N–H and O–H groups in total. The van der Waals surface area contributed by atoms with Gasteiger partial charge in [0.25, 0.3) is 0 Å². The fourth-order valence-corrected chi connectivity index (χ4v) is 2.05. The van der Waals surface area contributed by atoms with Crippen LogP contribution in [-0.4, -0.2) is 19.0 Å². The van der Waals surface area contributed by atoms with Crippen molar-refractivity contribution in [2.45, 2.75) is 38.9 Å². The van der Waals surface area contributed by atoms with Crippen molar-refractivity contribution < 1.29 is 9.47 Å². The van der Waals surface area contributed by atoms with E-state index in [1.54, 1.807) is 0 Å². The van der Waals surface area contributed by atoms with E-state index in [0.29, 0.717) is 0 Å². The lowest BCUT2D eigenvalue weighted by atomic mass is 9.95. The second-order valence-corrected chi connectivity index (χ2v) is 4.11. The van der Waals surface area contributed by atoms with Gasteiger partial charge in [-0.3, -0.25) is 0 Å². The number of hydrogen-bond acceptors (Lipinski definition) is 2. The summed E-state index contributed by atoms with van der Waals surface area (Å²) < 4.78 is 11.4. The minimum Gasteiger partial charge on any atom is -0.347 e. The predicted molar refractivity (Wildman–Crippen MR) is 51.4 cm³/mol. The lowest BCUT2D eigenvalue weighted by Crippen LogP contribution is -2.36. The summed E-state index contributed by atoms with van der Waals surface area (Å²) in [6.07, 6.45) is 8.03. The zero-order valence-corrected chi connectivity index (χ0v) is 8.51. The van der Waals surface area contributed by atoms with Crippen molar-refractivity contribution in [2.75, 3.05) is 13.2 Å². The van der Waals surface area contributed by atoms with Gasteiger partial charge in [-0.15, -0.1) is 0 Å². The highest BCUT2D eigenvalue weighted by molar-refractivity contribution is 5.16. The first-order chi connectivity index (χ1) is 6.22. The molecule has 1 saturated heterocycles. The first kappa shape index (κ1) is 9.22. The maximum absolute atomic E-state index is 5.69. The zero-order chi connectivity index (χ0) is 9.36. The number of rotatable bonds is 3. The maximum atomic E-state index is 5.69. The molecule has 1 aliphatic heterocycles. The van der Waals surface area contributed by atoms with Crippen LogP contribution in [0.5, 0.6) is 0 Å². The van der Waals surface area contributed by atoms with Crippen molar-refractivity contribution in [3.63, 3.8) is 0 Å². The Morgan fingerprint density at radius 3 is 2.31 bits per heavy atom. The Labute approximate surface area is 79.9 Å². The summed E-state index contributed by atoms with van der Waals surface area (Å²) >= 11 is 0.